The van der Waals surface area contributed by atoms with Gasteiger partial charge in [-0.3, -0.25) is 14.7 Å². The summed E-state index contributed by atoms with van der Waals surface area (Å²) in [5.74, 6) is 4.56. The number of hydrogen-bond donors (Lipinski definition) is 3. The number of rotatable bonds is 6. The first-order valence-electron chi connectivity index (χ1n) is 8.90. The molecule has 29 heavy (non-hydrogen) atoms. The fourth-order valence-electron chi connectivity index (χ4n) is 2.77. The van der Waals surface area contributed by atoms with Crippen molar-refractivity contribution >= 4 is 17.9 Å². The zero-order valence-corrected chi connectivity index (χ0v) is 16.6. The molecule has 0 bridgehead atoms. The van der Waals surface area contributed by atoms with E-state index in [2.05, 4.69) is 31.2 Å². The van der Waals surface area contributed by atoms with Crippen LogP contribution in [0.4, 0.5) is 5.69 Å². The van der Waals surface area contributed by atoms with E-state index in [4.69, 9.17) is 16.8 Å². The predicted molar refractivity (Wildman–Crippen MR) is 110 cm³/mol. The van der Waals surface area contributed by atoms with E-state index < -0.39 is 17.6 Å². The Balaban J connectivity index is 2.62. The molecule has 1 unspecified atom stereocenters. The Morgan fingerprint density at radius 1 is 1.28 bits per heavy atom. The highest BCUT2D eigenvalue weighted by molar-refractivity contribution is 6.08. The fraction of sp³-hybridized carbons (Fsp3) is 0.238. The second-order valence-corrected chi connectivity index (χ2v) is 7.38. The van der Waals surface area contributed by atoms with Crippen LogP contribution in [0.25, 0.3) is 0 Å². The van der Waals surface area contributed by atoms with Crippen LogP contribution < -0.4 is 21.9 Å². The number of nitrogens with two attached hydrogens (primary N) is 2. The molecule has 2 rings (SSSR count). The van der Waals surface area contributed by atoms with Gasteiger partial charge in [0.1, 0.15) is 24.1 Å². The second kappa shape index (κ2) is 8.99. The number of anilines is 1. The van der Waals surface area contributed by atoms with Gasteiger partial charge in [-0.15, -0.1) is 0 Å². The van der Waals surface area contributed by atoms with Crippen LogP contribution in [0, 0.1) is 11.3 Å². The van der Waals surface area contributed by atoms with Crippen molar-refractivity contribution in [3.8, 4) is 6.07 Å². The molecule has 1 heterocycles. The Morgan fingerprint density at radius 3 is 2.38 bits per heavy atom. The van der Waals surface area contributed by atoms with Crippen molar-refractivity contribution in [1.29, 1.82) is 5.26 Å². The Morgan fingerprint density at radius 2 is 1.93 bits per heavy atom. The average molecular weight is 392 g/mol. The molecule has 0 spiro atoms. The first-order valence-corrected chi connectivity index (χ1v) is 8.90. The van der Waals surface area contributed by atoms with Crippen LogP contribution in [0.2, 0.25) is 0 Å². The maximum absolute atomic E-state index is 13.2. The molecule has 1 amide bonds. The van der Waals surface area contributed by atoms with Gasteiger partial charge < -0.3 is 16.0 Å². The van der Waals surface area contributed by atoms with E-state index in [0.29, 0.717) is 17.5 Å². The molecule has 0 saturated heterocycles. The zero-order valence-electron chi connectivity index (χ0n) is 16.6. The number of nitrogens with one attached hydrogen (secondary N) is 1. The number of hydrazine groups is 1. The van der Waals surface area contributed by atoms with Gasteiger partial charge in [0.2, 0.25) is 0 Å². The number of carbonyl (C=O) groups excluding carboxylic acids is 2. The van der Waals surface area contributed by atoms with Crippen LogP contribution in [0.15, 0.2) is 60.2 Å². The lowest BCUT2D eigenvalue weighted by molar-refractivity contribution is -0.118. The summed E-state index contributed by atoms with van der Waals surface area (Å²) in [6.07, 6.45) is 3.69. The maximum atomic E-state index is 13.2. The summed E-state index contributed by atoms with van der Waals surface area (Å²) in [7, 11) is 0. The predicted octanol–water partition coefficient (Wildman–Crippen LogP) is 1.81. The van der Waals surface area contributed by atoms with Gasteiger partial charge in [-0.1, -0.05) is 39.0 Å². The molecule has 0 aliphatic carbocycles. The number of allylic oxidation sites excluding steroid dienone is 1. The van der Waals surface area contributed by atoms with Crippen molar-refractivity contribution in [2.24, 2.45) is 11.6 Å². The first-order chi connectivity index (χ1) is 13.7. The van der Waals surface area contributed by atoms with Crippen LogP contribution in [0.5, 0.6) is 0 Å². The second-order valence-electron chi connectivity index (χ2n) is 7.38. The molecule has 8 heteroatoms. The topological polar surface area (TPSA) is 138 Å². The van der Waals surface area contributed by atoms with Crippen molar-refractivity contribution in [3.63, 3.8) is 0 Å². The molecule has 1 aromatic carbocycles. The Bertz CT molecular complexity index is 940. The van der Waals surface area contributed by atoms with E-state index in [0.717, 1.165) is 5.56 Å². The minimum Gasteiger partial charge on any atom is -0.392 e. The van der Waals surface area contributed by atoms with E-state index in [1.807, 2.05) is 12.1 Å². The number of carbonyl (C=O) groups is 2. The van der Waals surface area contributed by atoms with Crippen LogP contribution >= 0.6 is 0 Å². The molecule has 150 valence electrons. The van der Waals surface area contributed by atoms with Gasteiger partial charge in [0.15, 0.2) is 5.70 Å². The van der Waals surface area contributed by atoms with Crippen molar-refractivity contribution in [3.05, 3.63) is 71.3 Å². The Labute approximate surface area is 169 Å². The average Bonchev–Trinajstić information content (AvgIpc) is 2.72. The van der Waals surface area contributed by atoms with Crippen LogP contribution in [0.1, 0.15) is 37.9 Å². The molecule has 5 N–H and O–H groups in total. The normalized spacial score (nSPS) is 12.9. The zero-order chi connectivity index (χ0) is 21.6. The lowest BCUT2D eigenvalue weighted by Gasteiger charge is -2.29. The highest BCUT2D eigenvalue weighted by atomic mass is 16.2. The lowest BCUT2D eigenvalue weighted by Crippen LogP contribution is -2.41. The van der Waals surface area contributed by atoms with Gasteiger partial charge in [-0.25, -0.2) is 5.84 Å². The monoisotopic (exact) mass is 392 g/mol. The Kier molecular flexibility index (Phi) is 6.70. The molecular weight excluding hydrogens is 368 g/mol. The summed E-state index contributed by atoms with van der Waals surface area (Å²) in [4.78, 5) is 30.4. The molecule has 1 aromatic heterocycles. The molecule has 0 aliphatic heterocycles. The van der Waals surface area contributed by atoms with Crippen LogP contribution in [0.3, 0.4) is 0 Å². The highest BCUT2D eigenvalue weighted by Crippen LogP contribution is 2.30. The number of hydrogen-bond acceptors (Lipinski definition) is 7. The van der Waals surface area contributed by atoms with Gasteiger partial charge in [-0.2, -0.15) is 5.26 Å². The standard InChI is InChI=1S/C21H24N6O2/c1-21(2,3)15-6-8-16(9-7-15)27(20(29)19(23)17(11-22)26-24)18(13-28)14-5-4-10-25-12-14/h4-10,12-13,18,26H,23-24H2,1-3H3/b19-17-. The van der Waals surface area contributed by atoms with Gasteiger partial charge in [0.05, 0.1) is 0 Å². The molecule has 2 aromatic rings. The summed E-state index contributed by atoms with van der Waals surface area (Å²) in [6.45, 7) is 6.21. The molecule has 8 nitrogen and oxygen atoms in total. The third kappa shape index (κ3) is 4.78. The number of aromatic nitrogens is 1. The van der Waals surface area contributed by atoms with Gasteiger partial charge in [-0.05, 0) is 29.2 Å². The molecule has 0 saturated carbocycles. The molecular formula is C21H24N6O2. The summed E-state index contributed by atoms with van der Waals surface area (Å²) < 4.78 is 0. The number of nitriles is 1. The lowest BCUT2D eigenvalue weighted by atomic mass is 9.87. The van der Waals surface area contributed by atoms with Gasteiger partial charge in [0.25, 0.3) is 5.91 Å². The number of pyridine rings is 1. The highest BCUT2D eigenvalue weighted by Gasteiger charge is 2.30. The third-order valence-corrected chi connectivity index (χ3v) is 4.42. The van der Waals surface area contributed by atoms with Crippen LogP contribution in [-0.4, -0.2) is 17.2 Å². The molecule has 1 atom stereocenters. The SMILES string of the molecule is CC(C)(C)c1ccc(N(C(=O)/C(N)=C(\C#N)NN)C(C=O)c2cccnc2)cc1. The van der Waals surface area contributed by atoms with E-state index in [9.17, 15) is 9.59 Å². The van der Waals surface area contributed by atoms with E-state index in [-0.39, 0.29) is 11.1 Å². The molecule has 0 fully saturated rings. The van der Waals surface area contributed by atoms with Crippen molar-refractivity contribution in [2.45, 2.75) is 32.2 Å². The minimum absolute atomic E-state index is 0.0862. The quantitative estimate of drug-likeness (QED) is 0.224. The third-order valence-electron chi connectivity index (χ3n) is 4.42. The van der Waals surface area contributed by atoms with Gasteiger partial charge >= 0.3 is 0 Å². The number of benzene rings is 1. The molecule has 0 radical (unpaired) electrons. The first kappa shape index (κ1) is 21.6. The van der Waals surface area contributed by atoms with Crippen LogP contribution in [-0.2, 0) is 15.0 Å². The van der Waals surface area contributed by atoms with E-state index >= 15 is 0 Å². The largest absolute Gasteiger partial charge is 0.392 e. The van der Waals surface area contributed by atoms with Gasteiger partial charge in [0, 0.05) is 23.6 Å². The fourth-order valence-corrected chi connectivity index (χ4v) is 2.77. The minimum atomic E-state index is -0.993. The number of aldehydes is 1. The number of nitrogens with zero attached hydrogens (tertiary/aromatic N) is 3. The summed E-state index contributed by atoms with van der Waals surface area (Å²) in [6, 6.07) is 11.3. The maximum Gasteiger partial charge on any atom is 0.278 e. The van der Waals surface area contributed by atoms with Crippen molar-refractivity contribution < 1.29 is 9.59 Å². The molecule has 0 aliphatic rings. The van der Waals surface area contributed by atoms with E-state index in [1.165, 1.54) is 11.1 Å². The van der Waals surface area contributed by atoms with Crippen molar-refractivity contribution in [1.82, 2.24) is 10.4 Å². The Hall–Kier alpha value is -3.70. The number of amides is 1. The van der Waals surface area contributed by atoms with E-state index in [1.54, 1.807) is 36.5 Å². The van der Waals surface area contributed by atoms with Crippen molar-refractivity contribution in [2.75, 3.05) is 4.90 Å². The summed E-state index contributed by atoms with van der Waals surface area (Å²) in [5, 5.41) is 9.16. The smallest absolute Gasteiger partial charge is 0.278 e. The summed E-state index contributed by atoms with van der Waals surface area (Å²) >= 11 is 0. The summed E-state index contributed by atoms with van der Waals surface area (Å²) in [5.41, 5.74) is 9.22.